The Hall–Kier alpha value is -3.42. The van der Waals surface area contributed by atoms with Gasteiger partial charge in [0, 0.05) is 6.42 Å². The quantitative estimate of drug-likeness (QED) is 0.0149. The molecule has 442 valence electrons. The molecule has 1 aliphatic heterocycles. The molecule has 1 saturated heterocycles. The third-order valence-electron chi connectivity index (χ3n) is 14.0. The molecular weight excluding hydrogens is 967 g/mol. The number of amides is 1. The summed E-state index contributed by atoms with van der Waals surface area (Å²) >= 11 is 0. The van der Waals surface area contributed by atoms with Crippen LogP contribution in [-0.4, -0.2) is 99.6 Å². The van der Waals surface area contributed by atoms with Crippen LogP contribution >= 0.6 is 0 Å². The molecule has 8 unspecified atom stereocenters. The van der Waals surface area contributed by atoms with Gasteiger partial charge in [-0.2, -0.15) is 0 Å². The van der Waals surface area contributed by atoms with E-state index >= 15 is 0 Å². The van der Waals surface area contributed by atoms with Gasteiger partial charge < -0.3 is 45.1 Å². The Morgan fingerprint density at radius 2 is 0.987 bits per heavy atom. The van der Waals surface area contributed by atoms with Crippen LogP contribution in [0.15, 0.2) is 97.2 Å². The van der Waals surface area contributed by atoms with Crippen molar-refractivity contribution in [1.29, 1.82) is 0 Å². The van der Waals surface area contributed by atoms with Crippen molar-refractivity contribution in [3.8, 4) is 0 Å². The summed E-state index contributed by atoms with van der Waals surface area (Å²) < 4.78 is 17.6. The Kier molecular flexibility index (Phi) is 49.5. The van der Waals surface area contributed by atoms with E-state index in [1.807, 2.05) is 24.3 Å². The molecule has 6 N–H and O–H groups in total. The van der Waals surface area contributed by atoms with E-state index in [2.05, 4.69) is 92.9 Å². The first-order chi connectivity index (χ1) is 37.7. The molecule has 8 atom stereocenters. The van der Waals surface area contributed by atoms with Crippen molar-refractivity contribution in [2.24, 2.45) is 0 Å². The number of aliphatic hydroxyl groups excluding tert-OH is 5. The van der Waals surface area contributed by atoms with Crippen molar-refractivity contribution in [1.82, 2.24) is 5.32 Å². The van der Waals surface area contributed by atoms with Crippen LogP contribution in [-0.2, 0) is 23.8 Å². The van der Waals surface area contributed by atoms with E-state index in [1.165, 1.54) is 89.9 Å². The predicted molar refractivity (Wildman–Crippen MR) is 319 cm³/mol. The van der Waals surface area contributed by atoms with Crippen molar-refractivity contribution in [2.45, 2.75) is 294 Å². The van der Waals surface area contributed by atoms with Gasteiger partial charge in [-0.1, -0.05) is 246 Å². The molecule has 1 rings (SSSR count). The molecule has 0 aromatic carbocycles. The van der Waals surface area contributed by atoms with Gasteiger partial charge in [0.25, 0.3) is 0 Å². The summed E-state index contributed by atoms with van der Waals surface area (Å²) in [6, 6.07) is -1.04. The van der Waals surface area contributed by atoms with Crippen LogP contribution in [0.3, 0.4) is 0 Å². The topological polar surface area (TPSA) is 175 Å². The summed E-state index contributed by atoms with van der Waals surface area (Å²) in [5.41, 5.74) is 0. The number of carbonyl (C=O) groups is 2. The zero-order valence-electron chi connectivity index (χ0n) is 48.8. The van der Waals surface area contributed by atoms with Gasteiger partial charge in [0.05, 0.1) is 25.4 Å². The number of nitrogens with one attached hydrogen (secondary N) is 1. The van der Waals surface area contributed by atoms with Crippen LogP contribution in [0.2, 0.25) is 0 Å². The Labute approximate surface area is 469 Å². The number of ether oxygens (including phenoxy) is 3. The van der Waals surface area contributed by atoms with Gasteiger partial charge in [0.2, 0.25) is 5.91 Å². The molecule has 1 heterocycles. The summed E-state index contributed by atoms with van der Waals surface area (Å²) in [7, 11) is 0. The molecule has 0 aromatic rings. The molecule has 0 saturated carbocycles. The Bertz CT molecular complexity index is 1620. The third-order valence-corrected chi connectivity index (χ3v) is 14.0. The monoisotopic (exact) mass is 1080 g/mol. The van der Waals surface area contributed by atoms with Gasteiger partial charge in [0.1, 0.15) is 24.4 Å². The highest BCUT2D eigenvalue weighted by Gasteiger charge is 2.47. The Morgan fingerprint density at radius 1 is 0.532 bits per heavy atom. The van der Waals surface area contributed by atoms with Crippen molar-refractivity contribution in [2.75, 3.05) is 13.2 Å². The summed E-state index contributed by atoms with van der Waals surface area (Å²) in [4.78, 5) is 26.5. The molecule has 0 bridgehead atoms. The molecule has 1 aliphatic rings. The van der Waals surface area contributed by atoms with Crippen molar-refractivity contribution >= 4 is 11.9 Å². The number of unbranched alkanes of at least 4 members (excludes halogenated alkanes) is 25. The molecule has 0 aromatic heterocycles. The number of rotatable bonds is 51. The smallest absolute Gasteiger partial charge is 0.306 e. The van der Waals surface area contributed by atoms with E-state index in [9.17, 15) is 35.1 Å². The van der Waals surface area contributed by atoms with Gasteiger partial charge in [-0.15, -0.1) is 0 Å². The van der Waals surface area contributed by atoms with E-state index in [0.717, 1.165) is 109 Å². The van der Waals surface area contributed by atoms with Gasteiger partial charge in [0.15, 0.2) is 12.4 Å². The van der Waals surface area contributed by atoms with Crippen LogP contribution < -0.4 is 5.32 Å². The number of hydrogen-bond donors (Lipinski definition) is 6. The maximum Gasteiger partial charge on any atom is 0.306 e. The lowest BCUT2D eigenvalue weighted by atomic mass is 9.99. The SMILES string of the molecule is CC/C=C/C=C/C=C\CCCCCCCC(=O)OC1C(OCC(NC(=O)C(O)CCCCCCCCCC/C=C\C/C=C\C/C=C\C/C=C\CCCCC)C(O)/C=C/CCCCCCCCCCC)OC(CO)C(O)C1O. The van der Waals surface area contributed by atoms with Gasteiger partial charge in [-0.25, -0.2) is 0 Å². The minimum absolute atomic E-state index is 0.0955. The number of carbonyl (C=O) groups excluding carboxylic acids is 2. The van der Waals surface area contributed by atoms with Crippen LogP contribution in [0.5, 0.6) is 0 Å². The first-order valence-corrected chi connectivity index (χ1v) is 31.0. The van der Waals surface area contributed by atoms with Crippen LogP contribution in [0, 0.1) is 0 Å². The summed E-state index contributed by atoms with van der Waals surface area (Å²) in [6.45, 7) is 5.59. The Morgan fingerprint density at radius 3 is 1.53 bits per heavy atom. The number of hydrogen-bond acceptors (Lipinski definition) is 10. The summed E-state index contributed by atoms with van der Waals surface area (Å²) in [5, 5.41) is 56.9. The fourth-order valence-corrected chi connectivity index (χ4v) is 9.10. The van der Waals surface area contributed by atoms with Crippen LogP contribution in [0.25, 0.3) is 0 Å². The first-order valence-electron chi connectivity index (χ1n) is 31.0. The van der Waals surface area contributed by atoms with E-state index in [4.69, 9.17) is 14.2 Å². The zero-order valence-corrected chi connectivity index (χ0v) is 48.8. The molecule has 77 heavy (non-hydrogen) atoms. The molecule has 0 spiro atoms. The minimum Gasteiger partial charge on any atom is -0.454 e. The van der Waals surface area contributed by atoms with Crippen LogP contribution in [0.4, 0.5) is 0 Å². The Balaban J connectivity index is 2.64. The second-order valence-corrected chi connectivity index (χ2v) is 21.1. The fraction of sp³-hybridized carbons (Fsp3) is 0.727. The maximum atomic E-state index is 13.4. The highest BCUT2D eigenvalue weighted by Crippen LogP contribution is 2.26. The first kappa shape index (κ1) is 71.6. The van der Waals surface area contributed by atoms with Gasteiger partial charge in [-0.3, -0.25) is 9.59 Å². The average Bonchev–Trinajstić information content (AvgIpc) is 3.44. The third kappa shape index (κ3) is 41.3. The van der Waals surface area contributed by atoms with E-state index in [-0.39, 0.29) is 19.4 Å². The molecule has 0 aliphatic carbocycles. The number of esters is 1. The predicted octanol–water partition coefficient (Wildman–Crippen LogP) is 14.7. The van der Waals surface area contributed by atoms with Gasteiger partial charge in [-0.05, 0) is 89.9 Å². The summed E-state index contributed by atoms with van der Waals surface area (Å²) in [6.07, 6.45) is 60.2. The van der Waals surface area contributed by atoms with E-state index in [0.29, 0.717) is 12.8 Å². The average molecular weight is 1080 g/mol. The lowest BCUT2D eigenvalue weighted by molar-refractivity contribution is -0.305. The van der Waals surface area contributed by atoms with Crippen LogP contribution in [0.1, 0.15) is 245 Å². The standard InChI is InChI=1S/C66H113NO10/c1-4-7-10-13-16-19-22-24-25-26-27-28-29-30-31-32-33-34-36-38-41-44-47-50-53-59(70)65(74)67-57(58(69)52-49-46-43-40-37-21-18-15-12-9-6-3)56-75-66-64(63(73)62(72)60(55-68)76-66)77-61(71)54-51-48-45-42-39-35-23-20-17-14-11-8-5-2/h8,11,14,16-17,19-20,23-25,27-28,30-31,49,52,57-60,62-64,66,68-70,72-73H,4-7,9-10,12-13,15,18,21-22,26,29,32-48,50-51,53-56H2,1-3H3,(H,67,74)/b11-8+,17-14+,19-16-,23-20-,25-24-,28-27-,31-30-,52-49+. The summed E-state index contributed by atoms with van der Waals surface area (Å²) in [5.74, 6) is -1.23. The highest BCUT2D eigenvalue weighted by atomic mass is 16.7. The molecule has 11 heteroatoms. The second-order valence-electron chi connectivity index (χ2n) is 21.1. The van der Waals surface area contributed by atoms with Crippen molar-refractivity contribution in [3.63, 3.8) is 0 Å². The molecule has 0 radical (unpaired) electrons. The normalized spacial score (nSPS) is 19.7. The molecule has 1 fully saturated rings. The lowest BCUT2D eigenvalue weighted by Gasteiger charge is -2.41. The second kappa shape index (κ2) is 53.2. The fourth-order valence-electron chi connectivity index (χ4n) is 9.10. The minimum atomic E-state index is -1.63. The van der Waals surface area contributed by atoms with E-state index < -0.39 is 67.4 Å². The van der Waals surface area contributed by atoms with E-state index in [1.54, 1.807) is 6.08 Å². The van der Waals surface area contributed by atoms with Crippen molar-refractivity contribution < 1.29 is 49.3 Å². The van der Waals surface area contributed by atoms with Gasteiger partial charge >= 0.3 is 5.97 Å². The maximum absolute atomic E-state index is 13.4. The molecule has 1 amide bonds. The highest BCUT2D eigenvalue weighted by molar-refractivity contribution is 5.80. The lowest BCUT2D eigenvalue weighted by Crippen LogP contribution is -2.61. The molecule has 11 nitrogen and oxygen atoms in total. The zero-order chi connectivity index (χ0) is 56.1. The number of allylic oxidation sites excluding steroid dienone is 15. The number of aliphatic hydroxyl groups is 5. The molecular formula is C66H113NO10. The largest absolute Gasteiger partial charge is 0.454 e. The van der Waals surface area contributed by atoms with Crippen molar-refractivity contribution in [3.05, 3.63) is 97.2 Å².